The topological polar surface area (TPSA) is 83.1 Å². The first-order valence-corrected chi connectivity index (χ1v) is 10.9. The summed E-state index contributed by atoms with van der Waals surface area (Å²) in [5.41, 5.74) is 1.88. The number of hydrogen-bond acceptors (Lipinski definition) is 6. The largest absolute Gasteiger partial charge is 0.345 e. The molecule has 1 unspecified atom stereocenters. The third-order valence-corrected chi connectivity index (χ3v) is 6.68. The fourth-order valence-corrected chi connectivity index (χ4v) is 5.21. The zero-order chi connectivity index (χ0) is 18.3. The van der Waals surface area contributed by atoms with Crippen LogP contribution in [-0.2, 0) is 9.84 Å². The number of aromatic amines is 1. The van der Waals surface area contributed by atoms with Crippen LogP contribution in [0.2, 0.25) is 0 Å². The number of fused-ring (bicyclic) bond motifs is 1. The van der Waals surface area contributed by atoms with Crippen LogP contribution in [0.3, 0.4) is 0 Å². The number of sulfone groups is 1. The predicted octanol–water partition coefficient (Wildman–Crippen LogP) is 2.93. The van der Waals surface area contributed by atoms with Gasteiger partial charge in [-0.1, -0.05) is 18.2 Å². The predicted molar refractivity (Wildman–Crippen MR) is 103 cm³/mol. The highest BCUT2D eigenvalue weighted by Crippen LogP contribution is 2.35. The maximum Gasteiger partial charge on any atom is 0.191 e. The van der Waals surface area contributed by atoms with Crippen LogP contribution in [0.1, 0.15) is 10.4 Å². The number of nitrogens with one attached hydrogen (secondary N) is 1. The lowest BCUT2D eigenvalue weighted by atomic mass is 9.98. The van der Waals surface area contributed by atoms with Crippen molar-refractivity contribution in [1.82, 2.24) is 9.97 Å². The highest BCUT2D eigenvalue weighted by molar-refractivity contribution is 8.01. The Hall–Kier alpha value is -2.32. The molecule has 3 heterocycles. The summed E-state index contributed by atoms with van der Waals surface area (Å²) in [6.07, 6.45) is 4.59. The third kappa shape index (κ3) is 2.99. The average molecular weight is 387 g/mol. The molecule has 2 aromatic heterocycles. The van der Waals surface area contributed by atoms with Crippen molar-refractivity contribution in [2.24, 2.45) is 5.92 Å². The Morgan fingerprint density at radius 3 is 2.81 bits per heavy atom. The van der Waals surface area contributed by atoms with Gasteiger partial charge in [-0.3, -0.25) is 9.78 Å². The number of H-pyrrole nitrogens is 1. The van der Waals surface area contributed by atoms with Crippen LogP contribution in [0.15, 0.2) is 53.8 Å². The van der Waals surface area contributed by atoms with Crippen LogP contribution >= 0.6 is 11.9 Å². The van der Waals surface area contributed by atoms with Gasteiger partial charge >= 0.3 is 0 Å². The Kier molecular flexibility index (Phi) is 4.24. The molecule has 4 rings (SSSR count). The lowest BCUT2D eigenvalue weighted by molar-refractivity contribution is 0.0938. The second-order valence-corrected chi connectivity index (χ2v) is 9.26. The minimum Gasteiger partial charge on any atom is -0.345 e. The van der Waals surface area contributed by atoms with Crippen LogP contribution in [0.4, 0.5) is 5.69 Å². The highest BCUT2D eigenvalue weighted by Gasteiger charge is 2.34. The fourth-order valence-electron chi connectivity index (χ4n) is 3.17. The number of nitrogens with zero attached hydrogens (tertiary/aromatic N) is 2. The zero-order valence-electron chi connectivity index (χ0n) is 14.0. The monoisotopic (exact) mass is 387 g/mol. The summed E-state index contributed by atoms with van der Waals surface area (Å²) in [5, 5.41) is 0.663. The zero-order valence-corrected chi connectivity index (χ0v) is 15.7. The molecule has 0 spiro atoms. The van der Waals surface area contributed by atoms with Crippen molar-refractivity contribution in [1.29, 1.82) is 0 Å². The first kappa shape index (κ1) is 17.1. The molecule has 0 radical (unpaired) electrons. The first-order valence-electron chi connectivity index (χ1n) is 8.10. The summed E-state index contributed by atoms with van der Waals surface area (Å²) in [6, 6.07) is 11.0. The fraction of sp³-hybridized carbons (Fsp3) is 0.222. The number of rotatable bonds is 4. The van der Waals surface area contributed by atoms with Crippen LogP contribution in [0.5, 0.6) is 0 Å². The van der Waals surface area contributed by atoms with Gasteiger partial charge in [0.05, 0.1) is 23.4 Å². The number of carbonyl (C=O) groups is 1. The number of para-hydroxylation sites is 1. The van der Waals surface area contributed by atoms with Crippen molar-refractivity contribution in [2.45, 2.75) is 5.03 Å². The number of ketones is 1. The molecule has 1 aliphatic heterocycles. The van der Waals surface area contributed by atoms with Crippen molar-refractivity contribution in [2.75, 3.05) is 22.9 Å². The van der Waals surface area contributed by atoms with Gasteiger partial charge in [-0.05, 0) is 30.1 Å². The van der Waals surface area contributed by atoms with E-state index < -0.39 is 9.84 Å². The van der Waals surface area contributed by atoms with Gasteiger partial charge in [0.2, 0.25) is 0 Å². The lowest BCUT2D eigenvalue weighted by Gasteiger charge is -2.16. The number of anilines is 1. The number of aromatic nitrogens is 2. The van der Waals surface area contributed by atoms with E-state index in [1.54, 1.807) is 36.5 Å². The molecular formula is C18H17N3O3S2. The molecule has 1 fully saturated rings. The lowest BCUT2D eigenvalue weighted by Crippen LogP contribution is -2.23. The van der Waals surface area contributed by atoms with E-state index in [1.165, 1.54) is 0 Å². The Balaban J connectivity index is 1.71. The Morgan fingerprint density at radius 1 is 1.27 bits per heavy atom. The minimum atomic E-state index is -3.54. The maximum atomic E-state index is 13.2. The van der Waals surface area contributed by atoms with E-state index in [4.69, 9.17) is 0 Å². The second-order valence-electron chi connectivity index (χ2n) is 6.28. The van der Waals surface area contributed by atoms with Gasteiger partial charge in [0.15, 0.2) is 15.6 Å². The summed E-state index contributed by atoms with van der Waals surface area (Å²) < 4.78 is 26.5. The summed E-state index contributed by atoms with van der Waals surface area (Å²) in [4.78, 5) is 20.3. The minimum absolute atomic E-state index is 0.00790. The van der Waals surface area contributed by atoms with Crippen molar-refractivity contribution in [3.63, 3.8) is 0 Å². The third-order valence-electron chi connectivity index (χ3n) is 4.41. The standard InChI is InChI=1S/C18H17N3O3S2/c1-26(23,24)18-16(14-6-2-3-7-15(14)20-18)17(22)12-10-21(25-11-12)13-5-4-8-19-9-13/h2-9,12,20H,10-11H2,1H3. The van der Waals surface area contributed by atoms with Crippen molar-refractivity contribution < 1.29 is 13.2 Å². The van der Waals surface area contributed by atoms with Crippen LogP contribution in [-0.4, -0.2) is 42.7 Å². The van der Waals surface area contributed by atoms with Crippen LogP contribution in [0.25, 0.3) is 10.9 Å². The van der Waals surface area contributed by atoms with E-state index in [-0.39, 0.29) is 22.3 Å². The Morgan fingerprint density at radius 2 is 2.08 bits per heavy atom. The van der Waals surface area contributed by atoms with Crippen LogP contribution < -0.4 is 4.31 Å². The smallest absolute Gasteiger partial charge is 0.191 e. The molecule has 8 heteroatoms. The molecule has 0 bridgehead atoms. The van der Waals surface area contributed by atoms with E-state index in [2.05, 4.69) is 9.97 Å². The normalized spacial score (nSPS) is 17.7. The second kappa shape index (κ2) is 6.44. The van der Waals surface area contributed by atoms with Gasteiger partial charge < -0.3 is 9.29 Å². The molecule has 26 heavy (non-hydrogen) atoms. The van der Waals surface area contributed by atoms with Crippen molar-refractivity contribution >= 4 is 44.2 Å². The van der Waals surface area contributed by atoms with E-state index in [0.717, 1.165) is 11.9 Å². The van der Waals surface area contributed by atoms with Crippen molar-refractivity contribution in [3.05, 3.63) is 54.4 Å². The number of pyridine rings is 1. The number of carbonyl (C=O) groups excluding carboxylic acids is 1. The summed E-state index contributed by atoms with van der Waals surface area (Å²) >= 11 is 1.56. The highest BCUT2D eigenvalue weighted by atomic mass is 32.2. The van der Waals surface area contributed by atoms with E-state index in [9.17, 15) is 13.2 Å². The number of hydrogen-bond donors (Lipinski definition) is 1. The average Bonchev–Trinajstić information content (AvgIpc) is 3.27. The number of benzene rings is 1. The van der Waals surface area contributed by atoms with Gasteiger partial charge in [-0.2, -0.15) is 0 Å². The molecule has 1 aromatic carbocycles. The van der Waals surface area contributed by atoms with E-state index in [1.807, 2.05) is 28.6 Å². The molecule has 0 aliphatic carbocycles. The Bertz CT molecular complexity index is 1080. The van der Waals surface area contributed by atoms with E-state index >= 15 is 0 Å². The molecule has 3 aromatic rings. The molecule has 134 valence electrons. The summed E-state index contributed by atoms with van der Waals surface area (Å²) in [7, 11) is -3.54. The Labute approximate surface area is 155 Å². The van der Waals surface area contributed by atoms with Gasteiger partial charge in [0, 0.05) is 35.7 Å². The molecule has 1 N–H and O–H groups in total. The molecule has 0 saturated carbocycles. The van der Waals surface area contributed by atoms with Gasteiger partial charge in [-0.25, -0.2) is 8.42 Å². The van der Waals surface area contributed by atoms with Gasteiger partial charge in [0.25, 0.3) is 0 Å². The molecule has 1 saturated heterocycles. The molecule has 1 atom stereocenters. The van der Waals surface area contributed by atoms with Gasteiger partial charge in [-0.15, -0.1) is 0 Å². The van der Waals surface area contributed by atoms with Crippen LogP contribution in [0, 0.1) is 5.92 Å². The molecular weight excluding hydrogens is 370 g/mol. The summed E-state index contributed by atoms with van der Waals surface area (Å²) in [5.74, 6) is 0.192. The molecule has 0 amide bonds. The van der Waals surface area contributed by atoms with E-state index in [0.29, 0.717) is 23.2 Å². The SMILES string of the molecule is CS(=O)(=O)c1[nH]c2ccccc2c1C(=O)C1CSN(c2cccnc2)C1. The summed E-state index contributed by atoms with van der Waals surface area (Å²) in [6.45, 7) is 0.526. The molecule has 6 nitrogen and oxygen atoms in total. The molecule has 1 aliphatic rings. The quantitative estimate of drug-likeness (QED) is 0.547. The maximum absolute atomic E-state index is 13.2. The van der Waals surface area contributed by atoms with Crippen molar-refractivity contribution in [3.8, 4) is 0 Å². The first-order chi connectivity index (χ1) is 12.4. The van der Waals surface area contributed by atoms with Gasteiger partial charge in [0.1, 0.15) is 5.03 Å². The number of Topliss-reactive ketones (excluding diaryl/α,β-unsaturated/α-hetero) is 1.